The molecule has 8 N–H and O–H groups in total. The molecule has 1 aliphatic heterocycles. The van der Waals surface area contributed by atoms with Crippen molar-refractivity contribution in [2.75, 3.05) is 11.9 Å². The number of amides is 5. The van der Waals surface area contributed by atoms with Gasteiger partial charge in [0.25, 0.3) is 0 Å². The third kappa shape index (κ3) is 8.15. The number of aromatic nitrogens is 1. The Labute approximate surface area is 235 Å². The minimum atomic E-state index is -1.06. The van der Waals surface area contributed by atoms with Crippen LogP contribution in [0, 0.1) is 5.92 Å². The zero-order valence-corrected chi connectivity index (χ0v) is 23.6. The Bertz CT molecular complexity index is 1280. The second-order valence-electron chi connectivity index (χ2n) is 10.0. The van der Waals surface area contributed by atoms with Gasteiger partial charge in [-0.05, 0) is 37.0 Å². The molecule has 13 nitrogen and oxygen atoms in total. The molecule has 14 heteroatoms. The van der Waals surface area contributed by atoms with Crippen molar-refractivity contribution in [3.63, 3.8) is 0 Å². The molecule has 0 radical (unpaired) electrons. The van der Waals surface area contributed by atoms with E-state index in [1.165, 1.54) is 31.3 Å². The highest BCUT2D eigenvalue weighted by atomic mass is 32.1. The lowest BCUT2D eigenvalue weighted by molar-refractivity contribution is -0.132. The van der Waals surface area contributed by atoms with E-state index in [4.69, 9.17) is 5.73 Å². The zero-order chi connectivity index (χ0) is 29.6. The van der Waals surface area contributed by atoms with Gasteiger partial charge in [-0.3, -0.25) is 24.0 Å². The first-order valence-electron chi connectivity index (χ1n) is 12.8. The Morgan fingerprint density at radius 2 is 1.70 bits per heavy atom. The van der Waals surface area contributed by atoms with Gasteiger partial charge in [0.1, 0.15) is 29.9 Å². The Morgan fingerprint density at radius 3 is 2.38 bits per heavy atom. The van der Waals surface area contributed by atoms with E-state index in [1.54, 1.807) is 18.3 Å². The average molecular weight is 574 g/mol. The largest absolute Gasteiger partial charge is 0.508 e. The molecule has 0 unspecified atom stereocenters. The molecule has 216 valence electrons. The molecular weight excluding hydrogens is 538 g/mol. The summed E-state index contributed by atoms with van der Waals surface area (Å²) in [5.41, 5.74) is 6.73. The van der Waals surface area contributed by atoms with Gasteiger partial charge in [-0.1, -0.05) is 26.0 Å². The SMILES string of the molecule is CC(C)[C@H]1Nc2ncc(s2)Cc2cc(ccc2O)C[C@@H](C(N)=O)NC(=O)CNC(=O)[C@H](C)NC(=O)[C@H](C)NC1=O. The van der Waals surface area contributed by atoms with Crippen LogP contribution in [-0.2, 0) is 36.8 Å². The van der Waals surface area contributed by atoms with Gasteiger partial charge in [-0.25, -0.2) is 4.98 Å². The maximum atomic E-state index is 13.0. The molecule has 0 aliphatic carbocycles. The zero-order valence-electron chi connectivity index (χ0n) is 22.7. The van der Waals surface area contributed by atoms with Crippen molar-refractivity contribution in [3.05, 3.63) is 40.4 Å². The van der Waals surface area contributed by atoms with Gasteiger partial charge in [0.05, 0.1) is 6.54 Å². The highest BCUT2D eigenvalue weighted by molar-refractivity contribution is 7.15. The summed E-state index contributed by atoms with van der Waals surface area (Å²) in [4.78, 5) is 67.8. The maximum absolute atomic E-state index is 13.0. The number of carbonyl (C=O) groups is 5. The van der Waals surface area contributed by atoms with Crippen LogP contribution in [0.15, 0.2) is 24.4 Å². The van der Waals surface area contributed by atoms with Gasteiger partial charge in [0, 0.05) is 23.9 Å². The number of phenolic OH excluding ortho intramolecular Hbond substituents is 1. The summed E-state index contributed by atoms with van der Waals surface area (Å²) < 4.78 is 0. The normalized spacial score (nSPS) is 23.4. The van der Waals surface area contributed by atoms with Crippen LogP contribution in [-0.4, -0.2) is 70.3 Å². The maximum Gasteiger partial charge on any atom is 0.243 e. The summed E-state index contributed by atoms with van der Waals surface area (Å²) in [5, 5.41) is 24.1. The van der Waals surface area contributed by atoms with Gasteiger partial charge in [0.2, 0.25) is 29.5 Å². The van der Waals surface area contributed by atoms with E-state index in [0.717, 1.165) is 4.88 Å². The smallest absolute Gasteiger partial charge is 0.243 e. The van der Waals surface area contributed by atoms with Crippen molar-refractivity contribution in [3.8, 4) is 5.75 Å². The lowest BCUT2D eigenvalue weighted by Crippen LogP contribution is -2.55. The summed E-state index contributed by atoms with van der Waals surface area (Å²) in [5.74, 6) is -3.16. The van der Waals surface area contributed by atoms with Crippen molar-refractivity contribution in [2.45, 2.75) is 64.7 Å². The quantitative estimate of drug-likeness (QED) is 0.249. The Kier molecular flexibility index (Phi) is 10.0. The fraction of sp³-hybridized carbons (Fsp3) is 0.462. The predicted octanol–water partition coefficient (Wildman–Crippen LogP) is -0.472. The number of nitrogens with two attached hydrogens (primary N) is 1. The van der Waals surface area contributed by atoms with Crippen molar-refractivity contribution in [2.24, 2.45) is 11.7 Å². The Hall–Kier alpha value is -4.20. The fourth-order valence-corrected chi connectivity index (χ4v) is 4.89. The van der Waals surface area contributed by atoms with Gasteiger partial charge in [-0.2, -0.15) is 0 Å². The third-order valence-electron chi connectivity index (χ3n) is 6.34. The number of primary amides is 1. The number of carbonyl (C=O) groups excluding carboxylic acids is 5. The number of anilines is 1. The van der Waals surface area contributed by atoms with Gasteiger partial charge < -0.3 is 37.4 Å². The fourth-order valence-electron chi connectivity index (χ4n) is 4.02. The molecule has 1 aliphatic rings. The topological polar surface area (TPSA) is 205 Å². The van der Waals surface area contributed by atoms with Gasteiger partial charge in [0.15, 0.2) is 5.13 Å². The molecule has 0 saturated heterocycles. The summed E-state index contributed by atoms with van der Waals surface area (Å²) in [7, 11) is 0. The second kappa shape index (κ2) is 13.2. The van der Waals surface area contributed by atoms with E-state index in [2.05, 4.69) is 31.6 Å². The lowest BCUT2D eigenvalue weighted by atomic mass is 10.0. The first kappa shape index (κ1) is 30.3. The number of thiazole rings is 1. The first-order chi connectivity index (χ1) is 18.8. The van der Waals surface area contributed by atoms with E-state index in [1.807, 2.05) is 13.8 Å². The first-order valence-corrected chi connectivity index (χ1v) is 13.6. The summed E-state index contributed by atoms with van der Waals surface area (Å²) in [6, 6.07) is 1.12. The van der Waals surface area contributed by atoms with E-state index in [-0.39, 0.29) is 18.1 Å². The van der Waals surface area contributed by atoms with Crippen molar-refractivity contribution < 1.29 is 29.1 Å². The highest BCUT2D eigenvalue weighted by Gasteiger charge is 2.28. The number of hydrogen-bond acceptors (Lipinski definition) is 9. The van der Waals surface area contributed by atoms with Crippen LogP contribution in [0.4, 0.5) is 5.13 Å². The predicted molar refractivity (Wildman–Crippen MR) is 148 cm³/mol. The molecule has 4 atom stereocenters. The number of nitrogens with one attached hydrogen (secondary N) is 5. The van der Waals surface area contributed by atoms with E-state index >= 15 is 0 Å². The van der Waals surface area contributed by atoms with E-state index < -0.39 is 60.2 Å². The number of hydrogen-bond donors (Lipinski definition) is 7. The second-order valence-corrected chi connectivity index (χ2v) is 11.2. The Balaban J connectivity index is 1.91. The Morgan fingerprint density at radius 1 is 1.02 bits per heavy atom. The molecule has 4 bridgehead atoms. The third-order valence-corrected chi connectivity index (χ3v) is 7.26. The molecule has 0 spiro atoms. The summed E-state index contributed by atoms with van der Waals surface area (Å²) in [6.45, 7) is 6.18. The average Bonchev–Trinajstić information content (AvgIpc) is 3.33. The molecule has 1 aromatic heterocycles. The van der Waals surface area contributed by atoms with Crippen LogP contribution >= 0.6 is 11.3 Å². The number of benzene rings is 1. The lowest BCUT2D eigenvalue weighted by Gasteiger charge is -2.24. The van der Waals surface area contributed by atoms with Crippen molar-refractivity contribution in [1.82, 2.24) is 26.3 Å². The number of phenols is 1. The highest BCUT2D eigenvalue weighted by Crippen LogP contribution is 2.27. The number of fused-ring (bicyclic) bond motifs is 4. The van der Waals surface area contributed by atoms with E-state index in [0.29, 0.717) is 22.7 Å². The van der Waals surface area contributed by atoms with Crippen LogP contribution in [0.3, 0.4) is 0 Å². The molecule has 3 rings (SSSR count). The minimum Gasteiger partial charge on any atom is -0.508 e. The number of aromatic hydroxyl groups is 1. The molecule has 2 heterocycles. The van der Waals surface area contributed by atoms with Crippen molar-refractivity contribution >= 4 is 46.0 Å². The van der Waals surface area contributed by atoms with Crippen LogP contribution in [0.5, 0.6) is 5.75 Å². The monoisotopic (exact) mass is 573 g/mol. The molecule has 40 heavy (non-hydrogen) atoms. The van der Waals surface area contributed by atoms with Crippen LogP contribution in [0.1, 0.15) is 43.7 Å². The summed E-state index contributed by atoms with van der Waals surface area (Å²) in [6.07, 6.45) is 2.03. The van der Waals surface area contributed by atoms with E-state index in [9.17, 15) is 29.1 Å². The van der Waals surface area contributed by atoms with Crippen LogP contribution in [0.2, 0.25) is 0 Å². The molecular formula is C26H35N7O6S. The van der Waals surface area contributed by atoms with Crippen LogP contribution in [0.25, 0.3) is 0 Å². The standard InChI is InChI=1S/C26H35N7O6S/c1-12(2)21-25(39)31-14(4)24(38)30-13(3)23(37)28-11-20(35)32-18(22(27)36)8-15-5-6-19(34)16(7-15)9-17-10-29-26(33-21)40-17/h5-7,10,12-14,18,21,34H,8-9,11H2,1-4H3,(H2,27,36)(H,28,37)(H,29,33)(H,30,38)(H,31,39)(H,32,35)/t13-,14-,18-,21+/m0/s1. The number of rotatable bonds is 2. The van der Waals surface area contributed by atoms with Gasteiger partial charge in [-0.15, -0.1) is 11.3 Å². The number of nitrogens with zero attached hydrogens (tertiary/aromatic N) is 1. The minimum absolute atomic E-state index is 0.0457. The van der Waals surface area contributed by atoms with Crippen LogP contribution < -0.4 is 32.3 Å². The molecule has 2 aromatic rings. The van der Waals surface area contributed by atoms with Gasteiger partial charge >= 0.3 is 0 Å². The molecule has 1 aromatic carbocycles. The molecule has 5 amide bonds. The molecule has 0 saturated carbocycles. The molecule has 0 fully saturated rings. The summed E-state index contributed by atoms with van der Waals surface area (Å²) >= 11 is 1.31. The van der Waals surface area contributed by atoms with Crippen molar-refractivity contribution in [1.29, 1.82) is 0 Å².